The standard InChI is InChI=1S/C12H26N2O2/c1-5-12(15)14(4)7-9-16-8-6-13-10-11(2)3/h11,13H,5-10H2,1-4H3. The van der Waals surface area contributed by atoms with Crippen LogP contribution in [0.15, 0.2) is 0 Å². The molecule has 0 bridgehead atoms. The van der Waals surface area contributed by atoms with E-state index in [9.17, 15) is 4.79 Å². The van der Waals surface area contributed by atoms with E-state index < -0.39 is 0 Å². The zero-order chi connectivity index (χ0) is 12.4. The van der Waals surface area contributed by atoms with Crippen molar-refractivity contribution in [2.75, 3.05) is 39.9 Å². The van der Waals surface area contributed by atoms with Crippen LogP contribution in [0.5, 0.6) is 0 Å². The Labute approximate surface area is 99.3 Å². The van der Waals surface area contributed by atoms with Crippen LogP contribution in [0.1, 0.15) is 27.2 Å². The maximum absolute atomic E-state index is 11.2. The van der Waals surface area contributed by atoms with E-state index in [1.165, 1.54) is 0 Å². The molecule has 96 valence electrons. The zero-order valence-electron chi connectivity index (χ0n) is 11.1. The second-order valence-corrected chi connectivity index (χ2v) is 4.38. The van der Waals surface area contributed by atoms with Crippen LogP contribution in [-0.2, 0) is 9.53 Å². The highest BCUT2D eigenvalue weighted by Crippen LogP contribution is 1.89. The molecule has 0 aliphatic carbocycles. The molecule has 0 aliphatic heterocycles. The highest BCUT2D eigenvalue weighted by molar-refractivity contribution is 5.75. The first kappa shape index (κ1) is 15.4. The minimum atomic E-state index is 0.168. The third-order valence-electron chi connectivity index (χ3n) is 2.28. The minimum Gasteiger partial charge on any atom is -0.378 e. The summed E-state index contributed by atoms with van der Waals surface area (Å²) in [6.45, 7) is 10.1. The Balaban J connectivity index is 3.24. The predicted octanol–water partition coefficient (Wildman–Crippen LogP) is 1.12. The van der Waals surface area contributed by atoms with E-state index in [2.05, 4.69) is 19.2 Å². The molecule has 1 amide bonds. The van der Waals surface area contributed by atoms with Gasteiger partial charge >= 0.3 is 0 Å². The first-order valence-electron chi connectivity index (χ1n) is 6.10. The summed E-state index contributed by atoms with van der Waals surface area (Å²) in [6, 6.07) is 0. The smallest absolute Gasteiger partial charge is 0.222 e. The number of nitrogens with zero attached hydrogens (tertiary/aromatic N) is 1. The zero-order valence-corrected chi connectivity index (χ0v) is 11.1. The van der Waals surface area contributed by atoms with Crippen LogP contribution in [0.4, 0.5) is 0 Å². The summed E-state index contributed by atoms with van der Waals surface area (Å²) in [5, 5.41) is 3.30. The minimum absolute atomic E-state index is 0.168. The van der Waals surface area contributed by atoms with Crippen molar-refractivity contribution in [1.82, 2.24) is 10.2 Å². The summed E-state index contributed by atoms with van der Waals surface area (Å²) in [5.41, 5.74) is 0. The van der Waals surface area contributed by atoms with Crippen LogP contribution in [0, 0.1) is 5.92 Å². The van der Waals surface area contributed by atoms with Gasteiger partial charge in [-0.05, 0) is 12.5 Å². The predicted molar refractivity (Wildman–Crippen MR) is 66.5 cm³/mol. The van der Waals surface area contributed by atoms with Gasteiger partial charge in [-0.25, -0.2) is 0 Å². The second-order valence-electron chi connectivity index (χ2n) is 4.38. The average Bonchev–Trinajstić information content (AvgIpc) is 2.25. The molecule has 16 heavy (non-hydrogen) atoms. The van der Waals surface area contributed by atoms with Crippen molar-refractivity contribution in [3.8, 4) is 0 Å². The van der Waals surface area contributed by atoms with Crippen molar-refractivity contribution in [3.05, 3.63) is 0 Å². The largest absolute Gasteiger partial charge is 0.378 e. The molecule has 1 N–H and O–H groups in total. The number of ether oxygens (including phenoxy) is 1. The number of amides is 1. The van der Waals surface area contributed by atoms with Crippen molar-refractivity contribution >= 4 is 5.91 Å². The monoisotopic (exact) mass is 230 g/mol. The number of hydrogen-bond donors (Lipinski definition) is 1. The van der Waals surface area contributed by atoms with Gasteiger partial charge in [0.15, 0.2) is 0 Å². The molecule has 0 aromatic carbocycles. The molecule has 4 nitrogen and oxygen atoms in total. The molecule has 0 aromatic heterocycles. The Morgan fingerprint density at radius 1 is 1.38 bits per heavy atom. The summed E-state index contributed by atoms with van der Waals surface area (Å²) in [5.74, 6) is 0.842. The Bertz CT molecular complexity index is 184. The number of hydrogen-bond acceptors (Lipinski definition) is 3. The fourth-order valence-corrected chi connectivity index (χ4v) is 1.23. The molecule has 0 saturated carbocycles. The van der Waals surface area contributed by atoms with E-state index in [1.54, 1.807) is 4.90 Å². The molecule has 0 atom stereocenters. The lowest BCUT2D eigenvalue weighted by Gasteiger charge is -2.16. The van der Waals surface area contributed by atoms with Crippen LogP contribution in [0.25, 0.3) is 0 Å². The molecule has 0 heterocycles. The van der Waals surface area contributed by atoms with E-state index >= 15 is 0 Å². The van der Waals surface area contributed by atoms with E-state index in [0.29, 0.717) is 32.1 Å². The van der Waals surface area contributed by atoms with Gasteiger partial charge in [0.2, 0.25) is 5.91 Å². The van der Waals surface area contributed by atoms with Crippen LogP contribution in [0.2, 0.25) is 0 Å². The summed E-state index contributed by atoms with van der Waals surface area (Å²) < 4.78 is 5.42. The molecular formula is C12H26N2O2. The van der Waals surface area contributed by atoms with Gasteiger partial charge in [0, 0.05) is 26.6 Å². The lowest BCUT2D eigenvalue weighted by atomic mass is 10.2. The van der Waals surface area contributed by atoms with Gasteiger partial charge in [-0.15, -0.1) is 0 Å². The number of nitrogens with one attached hydrogen (secondary N) is 1. The number of carbonyl (C=O) groups is 1. The number of likely N-dealkylation sites (N-methyl/N-ethyl adjacent to an activating group) is 1. The van der Waals surface area contributed by atoms with E-state index in [0.717, 1.165) is 13.1 Å². The fourth-order valence-electron chi connectivity index (χ4n) is 1.23. The lowest BCUT2D eigenvalue weighted by Crippen LogP contribution is -2.30. The number of rotatable bonds is 9. The highest BCUT2D eigenvalue weighted by atomic mass is 16.5. The van der Waals surface area contributed by atoms with Crippen LogP contribution < -0.4 is 5.32 Å². The van der Waals surface area contributed by atoms with Crippen molar-refractivity contribution in [2.45, 2.75) is 27.2 Å². The van der Waals surface area contributed by atoms with Gasteiger partial charge in [-0.3, -0.25) is 4.79 Å². The van der Waals surface area contributed by atoms with Crippen molar-refractivity contribution in [1.29, 1.82) is 0 Å². The Hall–Kier alpha value is -0.610. The van der Waals surface area contributed by atoms with Crippen LogP contribution >= 0.6 is 0 Å². The van der Waals surface area contributed by atoms with E-state index in [4.69, 9.17) is 4.74 Å². The molecular weight excluding hydrogens is 204 g/mol. The fraction of sp³-hybridized carbons (Fsp3) is 0.917. The normalized spacial score (nSPS) is 10.8. The highest BCUT2D eigenvalue weighted by Gasteiger charge is 2.04. The Morgan fingerprint density at radius 3 is 2.62 bits per heavy atom. The number of carbonyl (C=O) groups excluding carboxylic acids is 1. The van der Waals surface area contributed by atoms with E-state index in [-0.39, 0.29) is 5.91 Å². The summed E-state index contributed by atoms with van der Waals surface area (Å²) in [4.78, 5) is 12.9. The first-order chi connectivity index (χ1) is 7.57. The van der Waals surface area contributed by atoms with Crippen LogP contribution in [-0.4, -0.2) is 50.7 Å². The molecule has 0 aromatic rings. The van der Waals surface area contributed by atoms with Gasteiger partial charge in [-0.1, -0.05) is 20.8 Å². The Morgan fingerprint density at radius 2 is 2.06 bits per heavy atom. The molecule has 0 fully saturated rings. The molecule has 0 spiro atoms. The molecule has 4 heteroatoms. The maximum atomic E-state index is 11.2. The van der Waals surface area contributed by atoms with Crippen molar-refractivity contribution in [2.24, 2.45) is 5.92 Å². The van der Waals surface area contributed by atoms with Crippen molar-refractivity contribution in [3.63, 3.8) is 0 Å². The third-order valence-corrected chi connectivity index (χ3v) is 2.28. The molecule has 0 unspecified atom stereocenters. The van der Waals surface area contributed by atoms with Gasteiger partial charge in [0.25, 0.3) is 0 Å². The summed E-state index contributed by atoms with van der Waals surface area (Å²) in [7, 11) is 1.81. The molecule has 0 aliphatic rings. The quantitative estimate of drug-likeness (QED) is 0.603. The maximum Gasteiger partial charge on any atom is 0.222 e. The first-order valence-corrected chi connectivity index (χ1v) is 6.10. The molecule has 0 radical (unpaired) electrons. The van der Waals surface area contributed by atoms with Gasteiger partial charge in [0.1, 0.15) is 0 Å². The summed E-state index contributed by atoms with van der Waals surface area (Å²) >= 11 is 0. The topological polar surface area (TPSA) is 41.6 Å². The van der Waals surface area contributed by atoms with Crippen LogP contribution in [0.3, 0.4) is 0 Å². The Kier molecular flexibility index (Phi) is 9.24. The van der Waals surface area contributed by atoms with Gasteiger partial charge < -0.3 is 15.0 Å². The van der Waals surface area contributed by atoms with Gasteiger partial charge in [0.05, 0.1) is 13.2 Å². The molecule has 0 rings (SSSR count). The lowest BCUT2D eigenvalue weighted by molar-refractivity contribution is -0.130. The SMILES string of the molecule is CCC(=O)N(C)CCOCCNCC(C)C. The van der Waals surface area contributed by atoms with E-state index in [1.807, 2.05) is 14.0 Å². The van der Waals surface area contributed by atoms with Crippen molar-refractivity contribution < 1.29 is 9.53 Å². The summed E-state index contributed by atoms with van der Waals surface area (Å²) in [6.07, 6.45) is 0.562. The van der Waals surface area contributed by atoms with Gasteiger partial charge in [-0.2, -0.15) is 0 Å². The average molecular weight is 230 g/mol. The third kappa shape index (κ3) is 8.68. The molecule has 0 saturated heterocycles. The second kappa shape index (κ2) is 9.60.